The summed E-state index contributed by atoms with van der Waals surface area (Å²) in [6.45, 7) is 4.56. The zero-order valence-corrected chi connectivity index (χ0v) is 24.7. The molecule has 0 fully saturated rings. The minimum atomic E-state index is -0.168. The fourth-order valence-electron chi connectivity index (χ4n) is 4.08. The van der Waals surface area contributed by atoms with Crippen LogP contribution >= 0.6 is 0 Å². The molecule has 2 amide bonds. The number of nitrogens with zero attached hydrogens (tertiary/aromatic N) is 4. The van der Waals surface area contributed by atoms with E-state index < -0.39 is 0 Å². The van der Waals surface area contributed by atoms with Crippen molar-refractivity contribution in [3.05, 3.63) is 47.7 Å². The van der Waals surface area contributed by atoms with E-state index in [1.54, 1.807) is 30.3 Å². The SMILES string of the molecule is C[N+](C)(CC#CCOc1ccon1)CCCC[N+](C)(C)CCCN1C(=O)c2ccccc2C1=O.[Br-].[Br-]. The van der Waals surface area contributed by atoms with E-state index in [0.717, 1.165) is 54.4 Å². The number of imide groups is 1. The molecule has 0 saturated carbocycles. The third kappa shape index (κ3) is 9.36. The predicted octanol–water partition coefficient (Wildman–Crippen LogP) is -3.32. The van der Waals surface area contributed by atoms with Gasteiger partial charge in [0.05, 0.1) is 59.0 Å². The minimum absolute atomic E-state index is 0. The molecule has 1 aliphatic rings. The molecule has 36 heavy (non-hydrogen) atoms. The van der Waals surface area contributed by atoms with E-state index in [1.165, 1.54) is 11.2 Å². The van der Waals surface area contributed by atoms with Gasteiger partial charge in [0.1, 0.15) is 12.8 Å². The summed E-state index contributed by atoms with van der Waals surface area (Å²) < 4.78 is 11.8. The van der Waals surface area contributed by atoms with Crippen LogP contribution in [0.1, 0.15) is 40.0 Å². The zero-order chi connectivity index (χ0) is 24.6. The number of amides is 2. The predicted molar refractivity (Wildman–Crippen MR) is 129 cm³/mol. The largest absolute Gasteiger partial charge is 1.00 e. The summed E-state index contributed by atoms with van der Waals surface area (Å²) >= 11 is 0. The summed E-state index contributed by atoms with van der Waals surface area (Å²) in [5.74, 6) is 6.33. The molecule has 198 valence electrons. The lowest BCUT2D eigenvalue weighted by Crippen LogP contribution is -3.00. The van der Waals surface area contributed by atoms with Crippen LogP contribution in [0.4, 0.5) is 0 Å². The number of carbonyl (C=O) groups excluding carboxylic acids is 2. The van der Waals surface area contributed by atoms with Crippen LogP contribution in [0.15, 0.2) is 41.1 Å². The molecule has 1 aromatic heterocycles. The average Bonchev–Trinajstić information content (AvgIpc) is 3.39. The first-order valence-electron chi connectivity index (χ1n) is 11.8. The second-order valence-corrected chi connectivity index (χ2v) is 10.0. The van der Waals surface area contributed by atoms with Crippen molar-refractivity contribution in [2.24, 2.45) is 0 Å². The zero-order valence-electron chi connectivity index (χ0n) is 21.5. The number of hydrogen-bond acceptors (Lipinski definition) is 5. The third-order valence-corrected chi connectivity index (χ3v) is 6.14. The number of halogens is 2. The molecule has 0 bridgehead atoms. The Balaban J connectivity index is 0.00000324. The maximum Gasteiger partial charge on any atom is 0.261 e. The maximum absolute atomic E-state index is 12.5. The van der Waals surface area contributed by atoms with Gasteiger partial charge in [0.25, 0.3) is 17.7 Å². The highest BCUT2D eigenvalue weighted by Gasteiger charge is 2.34. The summed E-state index contributed by atoms with van der Waals surface area (Å²) in [5, 5.41) is 3.68. The third-order valence-electron chi connectivity index (χ3n) is 6.14. The number of carbonyl (C=O) groups is 2. The molecule has 2 aromatic rings. The fraction of sp³-hybridized carbons (Fsp3) is 0.500. The van der Waals surface area contributed by atoms with E-state index in [2.05, 4.69) is 45.2 Å². The normalized spacial score (nSPS) is 12.8. The van der Waals surface area contributed by atoms with Gasteiger partial charge < -0.3 is 52.2 Å². The Kier molecular flexibility index (Phi) is 12.8. The van der Waals surface area contributed by atoms with Crippen molar-refractivity contribution in [1.82, 2.24) is 10.1 Å². The molecule has 0 saturated heterocycles. The van der Waals surface area contributed by atoms with Gasteiger partial charge >= 0.3 is 0 Å². The first kappa shape index (κ1) is 31.8. The Morgan fingerprint density at radius 3 is 2.03 bits per heavy atom. The van der Waals surface area contributed by atoms with E-state index in [4.69, 9.17) is 9.26 Å². The molecule has 0 unspecified atom stereocenters. The van der Waals surface area contributed by atoms with Gasteiger partial charge in [0, 0.05) is 31.9 Å². The number of rotatable bonds is 12. The van der Waals surface area contributed by atoms with Crippen molar-refractivity contribution in [3.8, 4) is 17.7 Å². The van der Waals surface area contributed by atoms with Crippen molar-refractivity contribution < 1.29 is 61.8 Å². The fourth-order valence-corrected chi connectivity index (χ4v) is 4.08. The van der Waals surface area contributed by atoms with Gasteiger partial charge in [-0.2, -0.15) is 0 Å². The first-order valence-corrected chi connectivity index (χ1v) is 11.8. The first-order chi connectivity index (χ1) is 16.2. The number of aromatic nitrogens is 1. The monoisotopic (exact) mass is 626 g/mol. The van der Waals surface area contributed by atoms with Gasteiger partial charge in [-0.15, -0.1) is 0 Å². The van der Waals surface area contributed by atoms with Crippen molar-refractivity contribution in [2.45, 2.75) is 19.3 Å². The topological polar surface area (TPSA) is 72.6 Å². The molecule has 0 atom stereocenters. The van der Waals surface area contributed by atoms with Crippen LogP contribution in [-0.2, 0) is 0 Å². The molecule has 8 nitrogen and oxygen atoms in total. The van der Waals surface area contributed by atoms with Crippen molar-refractivity contribution in [1.29, 1.82) is 0 Å². The molecule has 0 N–H and O–H groups in total. The summed E-state index contributed by atoms with van der Waals surface area (Å²) in [6, 6.07) is 8.72. The molecule has 0 aliphatic carbocycles. The van der Waals surface area contributed by atoms with E-state index in [1.807, 2.05) is 0 Å². The molecule has 0 radical (unpaired) electrons. The number of hydrogen-bond donors (Lipinski definition) is 0. The van der Waals surface area contributed by atoms with E-state index in [-0.39, 0.29) is 45.8 Å². The van der Waals surface area contributed by atoms with Gasteiger partial charge in [-0.3, -0.25) is 14.5 Å². The van der Waals surface area contributed by atoms with Crippen LogP contribution in [0, 0.1) is 11.8 Å². The number of quaternary nitrogens is 2. The lowest BCUT2D eigenvalue weighted by molar-refractivity contribution is -0.894. The van der Waals surface area contributed by atoms with Crippen molar-refractivity contribution in [2.75, 3.05) is 67.5 Å². The second-order valence-electron chi connectivity index (χ2n) is 10.0. The number of fused-ring (bicyclic) bond motifs is 1. The molecular weight excluding hydrogens is 592 g/mol. The lowest BCUT2D eigenvalue weighted by atomic mass is 10.1. The molecular formula is C26H36Br2N4O4. The van der Waals surface area contributed by atoms with E-state index >= 15 is 0 Å². The molecule has 1 aromatic carbocycles. The molecule has 3 rings (SSSR count). The standard InChI is InChI=1S/C26H36N4O4.2BrH/c1-29(2,18-9-10-20-33-24-14-21-34-27-24)16-7-8-17-30(3,4)19-11-15-28-25(31)22-12-5-6-13-23(22)26(28)32;;/h5-6,12-14,21H,7-8,11,15-20H2,1-4H3;2*1H/q+2;;/p-2. The Morgan fingerprint density at radius 1 is 0.861 bits per heavy atom. The van der Waals surface area contributed by atoms with Crippen LogP contribution in [0.3, 0.4) is 0 Å². The summed E-state index contributed by atoms with van der Waals surface area (Å²) in [5.41, 5.74) is 1.04. The highest BCUT2D eigenvalue weighted by molar-refractivity contribution is 6.21. The smallest absolute Gasteiger partial charge is 0.261 e. The summed E-state index contributed by atoms with van der Waals surface area (Å²) in [6.07, 6.45) is 4.50. The Bertz CT molecular complexity index is 1010. The number of unbranched alkanes of at least 4 members (excludes halogenated alkanes) is 1. The Hall–Kier alpha value is -2.19. The number of ether oxygens (including phenoxy) is 1. The van der Waals surface area contributed by atoms with E-state index in [9.17, 15) is 9.59 Å². The number of benzene rings is 1. The van der Waals surface area contributed by atoms with Crippen LogP contribution in [0.5, 0.6) is 5.88 Å². The van der Waals surface area contributed by atoms with Crippen LogP contribution < -0.4 is 38.7 Å². The van der Waals surface area contributed by atoms with Crippen molar-refractivity contribution >= 4 is 11.8 Å². The molecule has 0 spiro atoms. The maximum atomic E-state index is 12.5. The highest BCUT2D eigenvalue weighted by atomic mass is 79.9. The average molecular weight is 628 g/mol. The molecule has 1 aliphatic heterocycles. The Labute approximate surface area is 235 Å². The van der Waals surface area contributed by atoms with E-state index in [0.29, 0.717) is 30.2 Å². The molecule has 10 heteroatoms. The van der Waals surface area contributed by atoms with Crippen LogP contribution in [0.2, 0.25) is 0 Å². The minimum Gasteiger partial charge on any atom is -1.00 e. The Morgan fingerprint density at radius 2 is 1.44 bits per heavy atom. The summed E-state index contributed by atoms with van der Waals surface area (Å²) in [4.78, 5) is 26.4. The van der Waals surface area contributed by atoms with Gasteiger partial charge in [0.15, 0.2) is 6.61 Å². The second kappa shape index (κ2) is 14.5. The quantitative estimate of drug-likeness (QED) is 0.107. The van der Waals surface area contributed by atoms with Gasteiger partial charge in [0.2, 0.25) is 0 Å². The van der Waals surface area contributed by atoms with Gasteiger partial charge in [-0.1, -0.05) is 18.1 Å². The summed E-state index contributed by atoms with van der Waals surface area (Å²) in [7, 11) is 8.80. The van der Waals surface area contributed by atoms with Crippen LogP contribution in [-0.4, -0.2) is 98.4 Å². The van der Waals surface area contributed by atoms with Gasteiger partial charge in [-0.25, -0.2) is 0 Å². The van der Waals surface area contributed by atoms with Gasteiger partial charge in [-0.05, 0) is 23.2 Å². The molecule has 2 heterocycles. The van der Waals surface area contributed by atoms with Crippen LogP contribution in [0.25, 0.3) is 0 Å². The highest BCUT2D eigenvalue weighted by Crippen LogP contribution is 2.22. The lowest BCUT2D eigenvalue weighted by Gasteiger charge is -2.32. The van der Waals surface area contributed by atoms with Crippen molar-refractivity contribution in [3.63, 3.8) is 0 Å².